The summed E-state index contributed by atoms with van der Waals surface area (Å²) in [6.45, 7) is 0. The number of hydrogen-bond donors (Lipinski definition) is 0. The molecule has 1 aliphatic carbocycles. The van der Waals surface area contributed by atoms with Crippen LogP contribution in [-0.4, -0.2) is 32.8 Å². The van der Waals surface area contributed by atoms with Crippen LogP contribution < -0.4 is 0 Å². The minimum absolute atomic E-state index is 0.0950. The van der Waals surface area contributed by atoms with E-state index < -0.39 is 0 Å². The molecular weight excluding hydrogens is 310 g/mol. The number of carbonyl (C=O) groups excluding carboxylic acids is 1. The Balaban J connectivity index is 1.55. The number of thioether (sulfide) groups is 1. The molecule has 3 rings (SSSR count). The second kappa shape index (κ2) is 8.06. The number of pyridine rings is 1. The van der Waals surface area contributed by atoms with E-state index in [-0.39, 0.29) is 17.8 Å². The van der Waals surface area contributed by atoms with Crippen LogP contribution in [0.3, 0.4) is 0 Å². The minimum Gasteiger partial charge on any atom is -0.462 e. The van der Waals surface area contributed by atoms with Crippen molar-refractivity contribution >= 4 is 17.7 Å². The highest BCUT2D eigenvalue weighted by Gasteiger charge is 2.18. The first kappa shape index (κ1) is 15.9. The SMILES string of the molecule is O=C(CSc1nccc(-c2ccccn2)n1)OC1CCCCC1. The Hall–Kier alpha value is -1.95. The third-order valence-electron chi connectivity index (χ3n) is 3.73. The number of aromatic nitrogens is 3. The number of rotatable bonds is 5. The molecule has 5 nitrogen and oxygen atoms in total. The molecule has 0 bridgehead atoms. The topological polar surface area (TPSA) is 65.0 Å². The van der Waals surface area contributed by atoms with Gasteiger partial charge in [-0.05, 0) is 43.9 Å². The zero-order valence-electron chi connectivity index (χ0n) is 12.9. The van der Waals surface area contributed by atoms with Crippen molar-refractivity contribution in [1.82, 2.24) is 15.0 Å². The summed E-state index contributed by atoms with van der Waals surface area (Å²) in [5.74, 6) is 0.0519. The monoisotopic (exact) mass is 329 g/mol. The fourth-order valence-electron chi connectivity index (χ4n) is 2.59. The van der Waals surface area contributed by atoms with E-state index >= 15 is 0 Å². The van der Waals surface area contributed by atoms with Crippen LogP contribution in [0.2, 0.25) is 0 Å². The summed E-state index contributed by atoms with van der Waals surface area (Å²) in [6.07, 6.45) is 9.04. The van der Waals surface area contributed by atoms with Crippen molar-refractivity contribution in [3.63, 3.8) is 0 Å². The molecular formula is C17H19N3O2S. The van der Waals surface area contributed by atoms with E-state index in [1.807, 2.05) is 24.3 Å². The average molecular weight is 329 g/mol. The van der Waals surface area contributed by atoms with Crippen molar-refractivity contribution in [2.45, 2.75) is 43.4 Å². The van der Waals surface area contributed by atoms with E-state index in [4.69, 9.17) is 4.74 Å². The predicted octanol–water partition coefficient (Wildman–Crippen LogP) is 3.51. The average Bonchev–Trinajstić information content (AvgIpc) is 2.62. The lowest BCUT2D eigenvalue weighted by Crippen LogP contribution is -2.22. The lowest BCUT2D eigenvalue weighted by molar-refractivity contribution is -0.147. The van der Waals surface area contributed by atoms with Crippen molar-refractivity contribution in [2.24, 2.45) is 0 Å². The molecule has 1 aliphatic rings. The summed E-state index contributed by atoms with van der Waals surface area (Å²) in [4.78, 5) is 24.8. The number of nitrogens with zero attached hydrogens (tertiary/aromatic N) is 3. The molecule has 1 fully saturated rings. The van der Waals surface area contributed by atoms with Crippen LogP contribution in [0.1, 0.15) is 32.1 Å². The van der Waals surface area contributed by atoms with E-state index in [0.717, 1.165) is 37.1 Å². The van der Waals surface area contributed by atoms with Gasteiger partial charge < -0.3 is 4.74 Å². The van der Waals surface area contributed by atoms with Crippen LogP contribution in [0.15, 0.2) is 41.8 Å². The molecule has 2 aromatic rings. The third-order valence-corrected chi connectivity index (χ3v) is 4.57. The van der Waals surface area contributed by atoms with Gasteiger partial charge in [-0.25, -0.2) is 9.97 Å². The van der Waals surface area contributed by atoms with Crippen molar-refractivity contribution in [1.29, 1.82) is 0 Å². The molecule has 23 heavy (non-hydrogen) atoms. The summed E-state index contributed by atoms with van der Waals surface area (Å²) >= 11 is 1.30. The molecule has 0 aliphatic heterocycles. The van der Waals surface area contributed by atoms with E-state index in [0.29, 0.717) is 5.16 Å². The summed E-state index contributed by atoms with van der Waals surface area (Å²) < 4.78 is 5.50. The molecule has 2 aromatic heterocycles. The van der Waals surface area contributed by atoms with Crippen LogP contribution in [0.25, 0.3) is 11.4 Å². The van der Waals surface area contributed by atoms with E-state index in [2.05, 4.69) is 15.0 Å². The van der Waals surface area contributed by atoms with Crippen LogP contribution in [0, 0.1) is 0 Å². The van der Waals surface area contributed by atoms with Gasteiger partial charge in [0.15, 0.2) is 5.16 Å². The van der Waals surface area contributed by atoms with E-state index in [1.54, 1.807) is 12.4 Å². The van der Waals surface area contributed by atoms with Crippen LogP contribution in [-0.2, 0) is 9.53 Å². The predicted molar refractivity (Wildman–Crippen MR) is 89.0 cm³/mol. The highest BCUT2D eigenvalue weighted by atomic mass is 32.2. The normalized spacial score (nSPS) is 15.3. The van der Waals surface area contributed by atoms with Gasteiger partial charge in [0.1, 0.15) is 6.10 Å². The molecule has 0 aromatic carbocycles. The van der Waals surface area contributed by atoms with Crippen molar-refractivity contribution < 1.29 is 9.53 Å². The number of carbonyl (C=O) groups is 1. The maximum Gasteiger partial charge on any atom is 0.316 e. The molecule has 0 N–H and O–H groups in total. The van der Waals surface area contributed by atoms with Gasteiger partial charge in [-0.3, -0.25) is 9.78 Å². The van der Waals surface area contributed by atoms with E-state index in [9.17, 15) is 4.79 Å². The summed E-state index contributed by atoms with van der Waals surface area (Å²) in [7, 11) is 0. The number of hydrogen-bond acceptors (Lipinski definition) is 6. The summed E-state index contributed by atoms with van der Waals surface area (Å²) in [5.41, 5.74) is 1.55. The maximum atomic E-state index is 11.9. The van der Waals surface area contributed by atoms with Crippen LogP contribution >= 0.6 is 11.8 Å². The molecule has 1 saturated carbocycles. The highest BCUT2D eigenvalue weighted by Crippen LogP contribution is 2.22. The van der Waals surface area contributed by atoms with E-state index in [1.165, 1.54) is 18.2 Å². The van der Waals surface area contributed by atoms with Crippen molar-refractivity contribution in [3.05, 3.63) is 36.7 Å². The molecule has 0 radical (unpaired) electrons. The van der Waals surface area contributed by atoms with Gasteiger partial charge in [0.05, 0.1) is 17.1 Å². The Morgan fingerprint density at radius 2 is 1.96 bits per heavy atom. The summed E-state index contributed by atoms with van der Waals surface area (Å²) in [6, 6.07) is 7.49. The molecule has 0 saturated heterocycles. The van der Waals surface area contributed by atoms with Gasteiger partial charge in [-0.1, -0.05) is 24.2 Å². The Kier molecular flexibility index (Phi) is 5.58. The molecule has 0 atom stereocenters. The zero-order chi connectivity index (χ0) is 15.9. The van der Waals surface area contributed by atoms with Crippen molar-refractivity contribution in [3.8, 4) is 11.4 Å². The van der Waals surface area contributed by atoms with Crippen LogP contribution in [0.5, 0.6) is 0 Å². The first-order valence-corrected chi connectivity index (χ1v) is 8.86. The number of esters is 1. The fourth-order valence-corrected chi connectivity index (χ4v) is 3.21. The second-order valence-corrected chi connectivity index (χ2v) is 6.42. The largest absolute Gasteiger partial charge is 0.462 e. The number of ether oxygens (including phenoxy) is 1. The Labute approximate surface area is 139 Å². The Morgan fingerprint density at radius 1 is 1.09 bits per heavy atom. The third kappa shape index (κ3) is 4.76. The lowest BCUT2D eigenvalue weighted by atomic mass is 9.98. The van der Waals surface area contributed by atoms with Crippen molar-refractivity contribution in [2.75, 3.05) is 5.75 Å². The first-order valence-electron chi connectivity index (χ1n) is 7.88. The second-order valence-electron chi connectivity index (χ2n) is 5.48. The van der Waals surface area contributed by atoms with Gasteiger partial charge in [0.2, 0.25) is 0 Å². The molecule has 0 unspecified atom stereocenters. The molecule has 6 heteroatoms. The maximum absolute atomic E-state index is 11.9. The van der Waals surface area contributed by atoms with Gasteiger partial charge in [-0.15, -0.1) is 0 Å². The van der Waals surface area contributed by atoms with Gasteiger partial charge in [0.25, 0.3) is 0 Å². The summed E-state index contributed by atoms with van der Waals surface area (Å²) in [5, 5.41) is 0.564. The van der Waals surface area contributed by atoms with Gasteiger partial charge >= 0.3 is 5.97 Å². The first-order chi connectivity index (χ1) is 11.3. The molecule has 120 valence electrons. The molecule has 0 amide bonds. The highest BCUT2D eigenvalue weighted by molar-refractivity contribution is 7.99. The fraction of sp³-hybridized carbons (Fsp3) is 0.412. The van der Waals surface area contributed by atoms with Gasteiger partial charge in [0, 0.05) is 12.4 Å². The Morgan fingerprint density at radius 3 is 2.74 bits per heavy atom. The smallest absolute Gasteiger partial charge is 0.316 e. The minimum atomic E-state index is -0.186. The van der Waals surface area contributed by atoms with Crippen LogP contribution in [0.4, 0.5) is 0 Å². The molecule has 2 heterocycles. The molecule has 0 spiro atoms. The van der Waals surface area contributed by atoms with Gasteiger partial charge in [-0.2, -0.15) is 0 Å². The lowest BCUT2D eigenvalue weighted by Gasteiger charge is -2.21. The Bertz CT molecular complexity index is 645. The quantitative estimate of drug-likeness (QED) is 0.475. The standard InChI is InChI=1S/C17H19N3O2S/c21-16(22-13-6-2-1-3-7-13)12-23-17-19-11-9-15(20-17)14-8-4-5-10-18-14/h4-5,8-11,13H,1-3,6-7,12H2. The zero-order valence-corrected chi connectivity index (χ0v) is 13.7.